The fraction of sp³-hybridized carbons (Fsp3) is 0.0909. The molecule has 0 saturated heterocycles. The van der Waals surface area contributed by atoms with Gasteiger partial charge in [0, 0.05) is 5.56 Å². The maximum absolute atomic E-state index is 12.6. The standard InChI is InChI=1S/C22H17NO4.BH2O2/c24-21(26-14-16-7-3-1-4-8-16)23(20-12-11-18-13-19(18)20)22(25)27-15-17-9-5-2-6-10-17;2-1-3/h1-13H,14-15H2;2-3H. The Labute approximate surface area is 174 Å². The fourth-order valence-corrected chi connectivity index (χ4v) is 2.77. The molecule has 0 fully saturated rings. The van der Waals surface area contributed by atoms with Gasteiger partial charge in [-0.1, -0.05) is 66.7 Å². The van der Waals surface area contributed by atoms with Crippen LogP contribution in [0.4, 0.5) is 15.3 Å². The van der Waals surface area contributed by atoms with E-state index >= 15 is 0 Å². The molecular formula is C22H19BNO6. The SMILES string of the molecule is O=C(OCc1ccccc1)N(C(=O)OCc1ccccc1)c1ccc2cc1-2.O[B]O. The molecule has 2 amide bonds. The van der Waals surface area contributed by atoms with Crippen molar-refractivity contribution in [3.63, 3.8) is 0 Å². The van der Waals surface area contributed by atoms with Gasteiger partial charge in [0.05, 0.1) is 5.69 Å². The Balaban J connectivity index is 0.000000806. The molecule has 8 heteroatoms. The normalized spacial score (nSPS) is 10.2. The molecule has 2 N–H and O–H groups in total. The van der Waals surface area contributed by atoms with E-state index in [0.717, 1.165) is 27.2 Å². The molecule has 30 heavy (non-hydrogen) atoms. The van der Waals surface area contributed by atoms with E-state index in [-0.39, 0.29) is 20.9 Å². The molecule has 0 bridgehead atoms. The molecule has 7 nitrogen and oxygen atoms in total. The van der Waals surface area contributed by atoms with Crippen LogP contribution >= 0.6 is 0 Å². The summed E-state index contributed by atoms with van der Waals surface area (Å²) in [6.45, 7) is 0.156. The van der Waals surface area contributed by atoms with Crippen molar-refractivity contribution in [3.8, 4) is 11.1 Å². The number of amides is 2. The Morgan fingerprint density at radius 2 is 1.23 bits per heavy atom. The molecular weight excluding hydrogens is 385 g/mol. The first-order chi connectivity index (χ1) is 14.6. The van der Waals surface area contributed by atoms with Crippen LogP contribution in [0.2, 0.25) is 0 Å². The third-order valence-electron chi connectivity index (χ3n) is 4.24. The van der Waals surface area contributed by atoms with Gasteiger partial charge in [-0.05, 0) is 28.8 Å². The molecule has 0 unspecified atom stereocenters. The van der Waals surface area contributed by atoms with E-state index in [4.69, 9.17) is 19.5 Å². The number of benzene rings is 3. The summed E-state index contributed by atoms with van der Waals surface area (Å²) in [5.41, 5.74) is 4.05. The lowest BCUT2D eigenvalue weighted by molar-refractivity contribution is 0.127. The van der Waals surface area contributed by atoms with Crippen LogP contribution < -0.4 is 4.90 Å². The average molecular weight is 404 g/mol. The number of fused-ring (bicyclic) bond motifs is 1. The van der Waals surface area contributed by atoms with Gasteiger partial charge in [0.2, 0.25) is 0 Å². The van der Waals surface area contributed by atoms with Crippen molar-refractivity contribution in [2.75, 3.05) is 4.90 Å². The number of carbonyl (C=O) groups is 2. The molecule has 151 valence electrons. The number of ether oxygens (including phenoxy) is 2. The zero-order valence-corrected chi connectivity index (χ0v) is 16.0. The smallest absolute Gasteiger partial charge is 0.444 e. The van der Waals surface area contributed by atoms with E-state index in [0.29, 0.717) is 5.69 Å². The van der Waals surface area contributed by atoms with Gasteiger partial charge in [-0.25, -0.2) is 9.59 Å². The summed E-state index contributed by atoms with van der Waals surface area (Å²) in [6.07, 6.45) is -1.52. The summed E-state index contributed by atoms with van der Waals surface area (Å²) in [6, 6.07) is 24.1. The van der Waals surface area contributed by atoms with E-state index in [1.165, 1.54) is 0 Å². The van der Waals surface area contributed by atoms with Crippen molar-refractivity contribution >= 4 is 25.6 Å². The molecule has 1 radical (unpaired) electrons. The molecule has 2 aliphatic rings. The average Bonchev–Trinajstić information content (AvgIpc) is 3.45. The maximum atomic E-state index is 12.6. The van der Waals surface area contributed by atoms with E-state index in [9.17, 15) is 9.59 Å². The monoisotopic (exact) mass is 404 g/mol. The van der Waals surface area contributed by atoms with Crippen molar-refractivity contribution in [1.82, 2.24) is 0 Å². The predicted octanol–water partition coefficient (Wildman–Crippen LogP) is 3.65. The number of hydrogen-bond acceptors (Lipinski definition) is 6. The molecule has 2 aliphatic carbocycles. The van der Waals surface area contributed by atoms with E-state index in [1.54, 1.807) is 6.07 Å². The van der Waals surface area contributed by atoms with Crippen LogP contribution in [0.5, 0.6) is 0 Å². The number of imide groups is 1. The summed E-state index contributed by atoms with van der Waals surface area (Å²) >= 11 is 0. The van der Waals surface area contributed by atoms with Crippen LogP contribution in [0.15, 0.2) is 78.9 Å². The molecule has 0 heterocycles. The Morgan fingerprint density at radius 1 is 0.767 bits per heavy atom. The highest BCUT2D eigenvalue weighted by Gasteiger charge is 2.33. The Kier molecular flexibility index (Phi) is 7.21. The van der Waals surface area contributed by atoms with Gasteiger partial charge in [0.1, 0.15) is 13.2 Å². The zero-order valence-electron chi connectivity index (χ0n) is 16.0. The summed E-state index contributed by atoms with van der Waals surface area (Å²) in [5.74, 6) is 0. The number of hydrogen-bond donors (Lipinski definition) is 2. The third kappa shape index (κ3) is 5.47. The molecule has 2 aromatic carbocycles. The van der Waals surface area contributed by atoms with Crippen LogP contribution in [0.25, 0.3) is 11.1 Å². The summed E-state index contributed by atoms with van der Waals surface area (Å²) in [4.78, 5) is 26.2. The summed E-state index contributed by atoms with van der Waals surface area (Å²) in [5, 5.41) is 14.0. The zero-order chi connectivity index (χ0) is 21.3. The maximum Gasteiger partial charge on any atom is 0.482 e. The number of rotatable bonds is 5. The van der Waals surface area contributed by atoms with Crippen LogP contribution in [0.3, 0.4) is 0 Å². The quantitative estimate of drug-likeness (QED) is 0.493. The molecule has 0 atom stereocenters. The second-order valence-corrected chi connectivity index (χ2v) is 6.26. The van der Waals surface area contributed by atoms with Crippen molar-refractivity contribution in [3.05, 3.63) is 90.0 Å². The molecule has 0 aliphatic heterocycles. The largest absolute Gasteiger partial charge is 0.482 e. The lowest BCUT2D eigenvalue weighted by atomic mass is 10.2. The summed E-state index contributed by atoms with van der Waals surface area (Å²) < 4.78 is 10.7. The molecule has 2 aromatic rings. The number of nitrogens with zero attached hydrogens (tertiary/aromatic N) is 1. The lowest BCUT2D eigenvalue weighted by Crippen LogP contribution is -2.37. The predicted molar refractivity (Wildman–Crippen MR) is 111 cm³/mol. The van der Waals surface area contributed by atoms with Gasteiger partial charge in [0.25, 0.3) is 0 Å². The van der Waals surface area contributed by atoms with Crippen LogP contribution in [-0.2, 0) is 22.7 Å². The second-order valence-electron chi connectivity index (χ2n) is 6.26. The minimum absolute atomic E-state index is 0. The highest BCUT2D eigenvalue weighted by atomic mass is 16.6. The highest BCUT2D eigenvalue weighted by Crippen LogP contribution is 2.44. The van der Waals surface area contributed by atoms with E-state index < -0.39 is 12.2 Å². The molecule has 0 spiro atoms. The van der Waals surface area contributed by atoms with E-state index in [2.05, 4.69) is 0 Å². The first kappa shape index (κ1) is 21.1. The van der Waals surface area contributed by atoms with Crippen molar-refractivity contribution in [1.29, 1.82) is 0 Å². The molecule has 4 rings (SSSR count). The Bertz CT molecular complexity index is 942. The molecule has 0 aromatic heterocycles. The van der Waals surface area contributed by atoms with Crippen LogP contribution in [0.1, 0.15) is 11.1 Å². The van der Waals surface area contributed by atoms with E-state index in [1.807, 2.05) is 72.8 Å². The fourth-order valence-electron chi connectivity index (χ4n) is 2.77. The lowest BCUT2D eigenvalue weighted by Gasteiger charge is -2.19. The van der Waals surface area contributed by atoms with Gasteiger partial charge in [-0.3, -0.25) is 0 Å². The van der Waals surface area contributed by atoms with Crippen molar-refractivity contribution in [2.45, 2.75) is 13.2 Å². The minimum Gasteiger partial charge on any atom is -0.444 e. The van der Waals surface area contributed by atoms with Crippen LogP contribution in [0, 0.1) is 0 Å². The molecule has 0 saturated carbocycles. The van der Waals surface area contributed by atoms with Crippen molar-refractivity contribution in [2.24, 2.45) is 0 Å². The topological polar surface area (TPSA) is 96.3 Å². The second kappa shape index (κ2) is 10.2. The first-order valence-corrected chi connectivity index (χ1v) is 9.10. The van der Waals surface area contributed by atoms with Gasteiger partial charge < -0.3 is 19.5 Å². The minimum atomic E-state index is -0.759. The van der Waals surface area contributed by atoms with Gasteiger partial charge >= 0.3 is 19.9 Å². The third-order valence-corrected chi connectivity index (χ3v) is 4.24. The van der Waals surface area contributed by atoms with Gasteiger partial charge in [-0.15, -0.1) is 0 Å². The van der Waals surface area contributed by atoms with Gasteiger partial charge in [0.15, 0.2) is 0 Å². The first-order valence-electron chi connectivity index (χ1n) is 9.10. The van der Waals surface area contributed by atoms with Crippen molar-refractivity contribution < 1.29 is 29.1 Å². The Morgan fingerprint density at radius 3 is 1.60 bits per heavy atom. The van der Waals surface area contributed by atoms with Gasteiger partial charge in [-0.2, -0.15) is 4.90 Å². The highest BCUT2D eigenvalue weighted by molar-refractivity contribution is 6.14. The number of carbonyl (C=O) groups excluding carboxylic acids is 2. The number of anilines is 1. The Hall–Kier alpha value is -3.62. The summed E-state index contributed by atoms with van der Waals surface area (Å²) in [7, 11) is 0. The van der Waals surface area contributed by atoms with Crippen LogP contribution in [-0.4, -0.2) is 29.9 Å².